The number of hydrogen-bond acceptors (Lipinski definition) is 5. The van der Waals surface area contributed by atoms with Crippen molar-refractivity contribution in [3.63, 3.8) is 0 Å². The third kappa shape index (κ3) is 6.54. The van der Waals surface area contributed by atoms with E-state index in [9.17, 15) is 4.79 Å². The average Bonchev–Trinajstić information content (AvgIpc) is 2.84. The molecule has 164 valence electrons. The van der Waals surface area contributed by atoms with Crippen LogP contribution in [-0.2, 0) is 0 Å². The van der Waals surface area contributed by atoms with E-state index in [0.717, 1.165) is 5.56 Å². The second kappa shape index (κ2) is 11.3. The van der Waals surface area contributed by atoms with Gasteiger partial charge < -0.3 is 20.7 Å². The van der Waals surface area contributed by atoms with Crippen LogP contribution >= 0.6 is 12.2 Å². The maximum Gasteiger partial charge on any atom is 0.255 e. The van der Waals surface area contributed by atoms with Crippen molar-refractivity contribution in [3.8, 4) is 17.9 Å². The molecule has 3 N–H and O–H groups in total. The van der Waals surface area contributed by atoms with Crippen LogP contribution in [0, 0.1) is 22.7 Å². The van der Waals surface area contributed by atoms with E-state index in [-0.39, 0.29) is 18.6 Å². The van der Waals surface area contributed by atoms with Gasteiger partial charge in [-0.3, -0.25) is 4.79 Å². The number of rotatable bonds is 7. The van der Waals surface area contributed by atoms with E-state index in [1.807, 2.05) is 31.2 Å². The van der Waals surface area contributed by atoms with Crippen molar-refractivity contribution in [2.24, 2.45) is 0 Å². The van der Waals surface area contributed by atoms with Gasteiger partial charge in [0.25, 0.3) is 5.91 Å². The van der Waals surface area contributed by atoms with E-state index in [2.05, 4.69) is 22.0 Å². The largest absolute Gasteiger partial charge is 0.476 e. The molecule has 0 fully saturated rings. The van der Waals surface area contributed by atoms with Gasteiger partial charge in [0.05, 0.1) is 23.4 Å². The molecule has 0 spiro atoms. The summed E-state index contributed by atoms with van der Waals surface area (Å²) < 4.78 is 5.51. The zero-order chi connectivity index (χ0) is 23.6. The number of ether oxygens (including phenoxy) is 1. The van der Waals surface area contributed by atoms with Crippen LogP contribution < -0.4 is 20.7 Å². The molecule has 0 saturated carbocycles. The molecule has 8 heteroatoms. The fourth-order valence-corrected chi connectivity index (χ4v) is 3.30. The molecule has 3 aromatic carbocycles. The van der Waals surface area contributed by atoms with Crippen LogP contribution in [0.2, 0.25) is 0 Å². The third-order valence-corrected chi connectivity index (χ3v) is 4.92. The highest BCUT2D eigenvalue weighted by atomic mass is 32.1. The van der Waals surface area contributed by atoms with E-state index in [1.165, 1.54) is 0 Å². The predicted octanol–water partition coefficient (Wildman–Crippen LogP) is 4.76. The molecule has 3 aromatic rings. The van der Waals surface area contributed by atoms with Gasteiger partial charge in [-0.2, -0.15) is 10.5 Å². The van der Waals surface area contributed by atoms with Gasteiger partial charge in [-0.1, -0.05) is 30.3 Å². The molecule has 33 heavy (non-hydrogen) atoms. The highest BCUT2D eigenvalue weighted by Crippen LogP contribution is 2.29. The normalized spacial score (nSPS) is 10.8. The number of thiocarbonyl (C=S) groups is 1. The first-order valence-corrected chi connectivity index (χ1v) is 10.5. The van der Waals surface area contributed by atoms with Crippen molar-refractivity contribution in [1.29, 1.82) is 10.5 Å². The summed E-state index contributed by atoms with van der Waals surface area (Å²) in [6.07, 6.45) is 0. The van der Waals surface area contributed by atoms with Crippen molar-refractivity contribution < 1.29 is 9.53 Å². The highest BCUT2D eigenvalue weighted by Gasteiger charge is 2.12. The molecule has 1 unspecified atom stereocenters. The summed E-state index contributed by atoms with van der Waals surface area (Å²) in [6, 6.07) is 25.1. The lowest BCUT2D eigenvalue weighted by atomic mass is 10.1. The molecule has 7 nitrogen and oxygen atoms in total. The number of nitrogens with one attached hydrogen (secondary N) is 3. The smallest absolute Gasteiger partial charge is 0.255 e. The topological polar surface area (TPSA) is 110 Å². The van der Waals surface area contributed by atoms with Gasteiger partial charge in [-0.05, 0) is 61.1 Å². The van der Waals surface area contributed by atoms with E-state index in [1.54, 1.807) is 54.6 Å². The van der Waals surface area contributed by atoms with Crippen molar-refractivity contribution >= 4 is 34.6 Å². The Kier molecular flexibility index (Phi) is 7.96. The van der Waals surface area contributed by atoms with Gasteiger partial charge in [-0.15, -0.1) is 0 Å². The number of benzene rings is 3. The lowest BCUT2D eigenvalue weighted by molar-refractivity contribution is 0.102. The Hall–Kier alpha value is -4.40. The standard InChI is InChI=1S/C25H21N5O2S/c1-17(19-9-7-18(16-27)8-10-19)28-25(33)29-21-11-12-22(23(15-21)32-14-13-26)30-24(31)20-5-3-2-4-6-20/h2-12,15,17H,14H2,1H3,(H,30,31)(H2,28,29,33). The van der Waals surface area contributed by atoms with Gasteiger partial charge in [0, 0.05) is 17.3 Å². The maximum atomic E-state index is 12.5. The predicted molar refractivity (Wildman–Crippen MR) is 131 cm³/mol. The first-order valence-electron chi connectivity index (χ1n) is 10.1. The number of anilines is 2. The first kappa shape index (κ1) is 23.3. The molecule has 0 heterocycles. The van der Waals surface area contributed by atoms with Crippen LogP contribution in [0.25, 0.3) is 0 Å². The number of nitrogens with zero attached hydrogens (tertiary/aromatic N) is 2. The van der Waals surface area contributed by atoms with Crippen LogP contribution in [0.1, 0.15) is 34.5 Å². The minimum Gasteiger partial charge on any atom is -0.476 e. The highest BCUT2D eigenvalue weighted by molar-refractivity contribution is 7.80. The Morgan fingerprint density at radius 1 is 1.03 bits per heavy atom. The number of carbonyl (C=O) groups is 1. The minimum absolute atomic E-state index is 0.0866. The Morgan fingerprint density at radius 3 is 2.42 bits per heavy atom. The molecule has 0 aliphatic heterocycles. The maximum absolute atomic E-state index is 12.5. The molecule has 0 aliphatic rings. The molecule has 0 bridgehead atoms. The number of amides is 1. The summed E-state index contributed by atoms with van der Waals surface area (Å²) in [4.78, 5) is 12.5. The quantitative estimate of drug-likeness (QED) is 0.441. The van der Waals surface area contributed by atoms with Gasteiger partial charge in [0.1, 0.15) is 11.8 Å². The SMILES string of the molecule is CC(NC(=S)Nc1ccc(NC(=O)c2ccccc2)c(OCC#N)c1)c1ccc(C#N)cc1. The lowest BCUT2D eigenvalue weighted by Gasteiger charge is -2.18. The Morgan fingerprint density at radius 2 is 1.76 bits per heavy atom. The number of nitriles is 2. The van der Waals surface area contributed by atoms with Gasteiger partial charge in [0.15, 0.2) is 11.7 Å². The van der Waals surface area contributed by atoms with Crippen molar-refractivity contribution in [2.75, 3.05) is 17.2 Å². The minimum atomic E-state index is -0.286. The lowest BCUT2D eigenvalue weighted by Crippen LogP contribution is -2.30. The van der Waals surface area contributed by atoms with Crippen LogP contribution in [0.5, 0.6) is 5.75 Å². The second-order valence-electron chi connectivity index (χ2n) is 7.03. The van der Waals surface area contributed by atoms with E-state index in [0.29, 0.717) is 33.4 Å². The Balaban J connectivity index is 1.69. The summed E-state index contributed by atoms with van der Waals surface area (Å²) in [5, 5.41) is 27.3. The molecule has 0 aliphatic carbocycles. The van der Waals surface area contributed by atoms with Crippen LogP contribution in [0.4, 0.5) is 11.4 Å². The van der Waals surface area contributed by atoms with E-state index in [4.69, 9.17) is 27.5 Å². The summed E-state index contributed by atoms with van der Waals surface area (Å²) in [6.45, 7) is 1.79. The monoisotopic (exact) mass is 455 g/mol. The fourth-order valence-electron chi connectivity index (χ4n) is 3.01. The van der Waals surface area contributed by atoms with Crippen molar-refractivity contribution in [3.05, 3.63) is 89.5 Å². The molecule has 0 saturated heterocycles. The first-order chi connectivity index (χ1) is 16.0. The summed E-state index contributed by atoms with van der Waals surface area (Å²) >= 11 is 5.42. The van der Waals surface area contributed by atoms with E-state index < -0.39 is 0 Å². The molecular formula is C25H21N5O2S. The summed E-state index contributed by atoms with van der Waals surface area (Å²) in [5.74, 6) is 0.0558. The van der Waals surface area contributed by atoms with Gasteiger partial charge in [0.2, 0.25) is 0 Å². The number of carbonyl (C=O) groups excluding carboxylic acids is 1. The Bertz CT molecular complexity index is 1210. The second-order valence-corrected chi connectivity index (χ2v) is 7.44. The average molecular weight is 456 g/mol. The van der Waals surface area contributed by atoms with Gasteiger partial charge in [-0.25, -0.2) is 0 Å². The summed E-state index contributed by atoms with van der Waals surface area (Å²) in [7, 11) is 0. The summed E-state index contributed by atoms with van der Waals surface area (Å²) in [5.41, 5.74) is 3.15. The Labute approximate surface area is 197 Å². The zero-order valence-corrected chi connectivity index (χ0v) is 18.6. The van der Waals surface area contributed by atoms with Crippen molar-refractivity contribution in [1.82, 2.24) is 5.32 Å². The zero-order valence-electron chi connectivity index (χ0n) is 17.8. The third-order valence-electron chi connectivity index (χ3n) is 4.70. The van der Waals surface area contributed by atoms with Crippen LogP contribution in [0.15, 0.2) is 72.8 Å². The van der Waals surface area contributed by atoms with Crippen molar-refractivity contribution in [2.45, 2.75) is 13.0 Å². The molecule has 0 radical (unpaired) electrons. The molecule has 1 atom stereocenters. The molecule has 3 rings (SSSR count). The van der Waals surface area contributed by atoms with Crippen LogP contribution in [-0.4, -0.2) is 17.6 Å². The van der Waals surface area contributed by atoms with E-state index >= 15 is 0 Å². The number of hydrogen-bond donors (Lipinski definition) is 3. The molecular weight excluding hydrogens is 434 g/mol. The van der Waals surface area contributed by atoms with Crippen LogP contribution in [0.3, 0.4) is 0 Å². The molecule has 1 amide bonds. The van der Waals surface area contributed by atoms with Gasteiger partial charge >= 0.3 is 0 Å². The fraction of sp³-hybridized carbons (Fsp3) is 0.120. The molecule has 0 aromatic heterocycles.